The summed E-state index contributed by atoms with van der Waals surface area (Å²) < 4.78 is 15.6. The monoisotopic (exact) mass is 328 g/mol. The van der Waals surface area contributed by atoms with Crippen LogP contribution < -0.4 is 10.5 Å². The van der Waals surface area contributed by atoms with E-state index >= 15 is 0 Å². The predicted molar refractivity (Wildman–Crippen MR) is 87.5 cm³/mol. The van der Waals surface area contributed by atoms with E-state index < -0.39 is 11.9 Å². The van der Waals surface area contributed by atoms with Crippen molar-refractivity contribution in [2.24, 2.45) is 11.7 Å². The Labute approximate surface area is 141 Å². The van der Waals surface area contributed by atoms with E-state index in [1.165, 1.54) is 7.11 Å². The van der Waals surface area contributed by atoms with E-state index in [0.29, 0.717) is 17.1 Å². The van der Waals surface area contributed by atoms with Gasteiger partial charge in [-0.15, -0.1) is 0 Å². The second-order valence-electron chi connectivity index (χ2n) is 5.62. The van der Waals surface area contributed by atoms with Crippen molar-refractivity contribution in [2.45, 2.75) is 19.8 Å². The first-order valence-corrected chi connectivity index (χ1v) is 7.48. The predicted octanol–water partition coefficient (Wildman–Crippen LogP) is 2.59. The molecule has 0 amide bonds. The lowest BCUT2D eigenvalue weighted by atomic mass is 9.81. The van der Waals surface area contributed by atoms with E-state index in [0.717, 1.165) is 5.56 Å². The van der Waals surface area contributed by atoms with Gasteiger partial charge in [0.15, 0.2) is 0 Å². The minimum absolute atomic E-state index is 0.00895. The summed E-state index contributed by atoms with van der Waals surface area (Å²) in [6.07, 6.45) is 0. The third-order valence-electron chi connectivity index (χ3n) is 3.83. The molecule has 0 saturated carbocycles. The molecule has 0 spiro atoms. The average Bonchev–Trinajstić information content (AvgIpc) is 2.60. The zero-order valence-electron chi connectivity index (χ0n) is 14.1. The third kappa shape index (κ3) is 3.06. The number of benzene rings is 1. The smallest absolute Gasteiger partial charge is 0.338 e. The van der Waals surface area contributed by atoms with Crippen LogP contribution in [0.15, 0.2) is 47.1 Å². The highest BCUT2D eigenvalue weighted by Crippen LogP contribution is 2.41. The first kappa shape index (κ1) is 17.4. The van der Waals surface area contributed by atoms with Gasteiger partial charge in [-0.05, 0) is 17.7 Å². The Kier molecular flexibility index (Phi) is 5.14. The number of hydrogen-bond acceptors (Lipinski definition) is 6. The normalized spacial score (nSPS) is 17.4. The molecule has 6 nitrogen and oxygen atoms in total. The molecule has 1 heterocycles. The summed E-state index contributed by atoms with van der Waals surface area (Å²) in [7, 11) is 2.87. The molecule has 0 bridgehead atoms. The first-order chi connectivity index (χ1) is 11.4. The number of ether oxygens (including phenoxy) is 3. The van der Waals surface area contributed by atoms with Gasteiger partial charge in [0.05, 0.1) is 25.7 Å². The molecule has 0 aliphatic carbocycles. The van der Waals surface area contributed by atoms with Gasteiger partial charge in [0.25, 0.3) is 0 Å². The average molecular weight is 328 g/mol. The lowest BCUT2D eigenvalue weighted by molar-refractivity contribution is -0.136. The molecule has 1 aromatic rings. The molecule has 1 unspecified atom stereocenters. The van der Waals surface area contributed by atoms with E-state index in [-0.39, 0.29) is 17.4 Å². The van der Waals surface area contributed by atoms with Gasteiger partial charge in [0.2, 0.25) is 5.88 Å². The maximum Gasteiger partial charge on any atom is 0.338 e. The zero-order chi connectivity index (χ0) is 17.9. The fourth-order valence-electron chi connectivity index (χ4n) is 2.66. The van der Waals surface area contributed by atoms with Gasteiger partial charge >= 0.3 is 5.97 Å². The highest BCUT2D eigenvalue weighted by Gasteiger charge is 2.38. The summed E-state index contributed by atoms with van der Waals surface area (Å²) >= 11 is 0. The van der Waals surface area contributed by atoms with E-state index in [1.807, 2.05) is 13.8 Å². The van der Waals surface area contributed by atoms with Gasteiger partial charge in [-0.25, -0.2) is 4.79 Å². The molecule has 1 aliphatic rings. The molecular formula is C18H20N2O4. The fourth-order valence-corrected chi connectivity index (χ4v) is 2.66. The number of nitriles is 1. The van der Waals surface area contributed by atoms with Gasteiger partial charge in [-0.1, -0.05) is 26.0 Å². The molecule has 126 valence electrons. The van der Waals surface area contributed by atoms with Crippen LogP contribution in [0.3, 0.4) is 0 Å². The number of rotatable bonds is 4. The summed E-state index contributed by atoms with van der Waals surface area (Å²) in [5, 5.41) is 9.52. The molecule has 2 rings (SSSR count). The summed E-state index contributed by atoms with van der Waals surface area (Å²) in [6.45, 7) is 3.77. The van der Waals surface area contributed by atoms with Crippen LogP contribution >= 0.6 is 0 Å². The van der Waals surface area contributed by atoms with Crippen LogP contribution in [0.25, 0.3) is 0 Å². The van der Waals surface area contributed by atoms with Crippen LogP contribution in [-0.2, 0) is 14.3 Å². The van der Waals surface area contributed by atoms with Crippen LogP contribution in [0.4, 0.5) is 0 Å². The highest BCUT2D eigenvalue weighted by atomic mass is 16.5. The Morgan fingerprint density at radius 1 is 1.29 bits per heavy atom. The molecule has 1 aliphatic heterocycles. The van der Waals surface area contributed by atoms with Gasteiger partial charge in [0, 0.05) is 5.92 Å². The highest BCUT2D eigenvalue weighted by molar-refractivity contribution is 5.92. The van der Waals surface area contributed by atoms with E-state index in [2.05, 4.69) is 6.07 Å². The molecule has 1 atom stereocenters. The number of carbonyl (C=O) groups excluding carboxylic acids is 1. The Balaban J connectivity index is 2.68. The second-order valence-corrected chi connectivity index (χ2v) is 5.62. The quantitative estimate of drug-likeness (QED) is 0.854. The van der Waals surface area contributed by atoms with Crippen molar-refractivity contribution < 1.29 is 19.0 Å². The summed E-state index contributed by atoms with van der Waals surface area (Å²) in [4.78, 5) is 12.4. The minimum Gasteiger partial charge on any atom is -0.497 e. The lowest BCUT2D eigenvalue weighted by Crippen LogP contribution is -2.27. The van der Waals surface area contributed by atoms with E-state index in [4.69, 9.17) is 19.9 Å². The Hall–Kier alpha value is -2.94. The van der Waals surface area contributed by atoms with Gasteiger partial charge in [0.1, 0.15) is 23.2 Å². The number of nitrogens with two attached hydrogens (primary N) is 1. The largest absolute Gasteiger partial charge is 0.497 e. The molecule has 0 radical (unpaired) electrons. The van der Waals surface area contributed by atoms with Crippen molar-refractivity contribution >= 4 is 5.97 Å². The Morgan fingerprint density at radius 3 is 2.38 bits per heavy atom. The number of allylic oxidation sites excluding steroid dienone is 2. The molecule has 0 fully saturated rings. The van der Waals surface area contributed by atoms with Crippen LogP contribution in [-0.4, -0.2) is 20.2 Å². The summed E-state index contributed by atoms with van der Waals surface area (Å²) in [6, 6.07) is 9.17. The van der Waals surface area contributed by atoms with E-state index in [9.17, 15) is 10.1 Å². The number of hydrogen-bond donors (Lipinski definition) is 1. The van der Waals surface area contributed by atoms with Crippen LogP contribution in [0, 0.1) is 17.2 Å². The van der Waals surface area contributed by atoms with E-state index in [1.54, 1.807) is 31.4 Å². The first-order valence-electron chi connectivity index (χ1n) is 7.48. The minimum atomic E-state index is -0.639. The van der Waals surface area contributed by atoms with Crippen molar-refractivity contribution in [3.8, 4) is 11.8 Å². The number of esters is 1. The van der Waals surface area contributed by atoms with Crippen LogP contribution in [0.5, 0.6) is 5.75 Å². The second kappa shape index (κ2) is 7.09. The van der Waals surface area contributed by atoms with Crippen molar-refractivity contribution in [2.75, 3.05) is 14.2 Å². The number of carbonyl (C=O) groups is 1. The molecule has 0 saturated heterocycles. The summed E-state index contributed by atoms with van der Waals surface area (Å²) in [5.74, 6) is -0.180. The molecule has 1 aromatic carbocycles. The van der Waals surface area contributed by atoms with Crippen molar-refractivity contribution in [1.82, 2.24) is 0 Å². The molecule has 0 aromatic heterocycles. The molecule has 2 N–H and O–H groups in total. The van der Waals surface area contributed by atoms with Crippen molar-refractivity contribution in [3.63, 3.8) is 0 Å². The standard InChI is InChI=1S/C18H20N2O4/c1-10(2)16-15(18(21)23-4)14(13(9-19)17(20)24-16)11-5-7-12(22-3)8-6-11/h5-8,10,14H,20H2,1-4H3. The maximum absolute atomic E-state index is 12.4. The fraction of sp³-hybridized carbons (Fsp3) is 0.333. The van der Waals surface area contributed by atoms with Gasteiger partial charge in [-0.2, -0.15) is 5.26 Å². The van der Waals surface area contributed by atoms with Crippen LogP contribution in [0.2, 0.25) is 0 Å². The zero-order valence-corrected chi connectivity index (χ0v) is 14.1. The van der Waals surface area contributed by atoms with Crippen molar-refractivity contribution in [3.05, 3.63) is 52.6 Å². The topological polar surface area (TPSA) is 94.6 Å². The van der Waals surface area contributed by atoms with Crippen molar-refractivity contribution in [1.29, 1.82) is 5.26 Å². The molecule has 24 heavy (non-hydrogen) atoms. The maximum atomic E-state index is 12.4. The molecular weight excluding hydrogens is 308 g/mol. The third-order valence-corrected chi connectivity index (χ3v) is 3.83. The molecule has 6 heteroatoms. The Morgan fingerprint density at radius 2 is 1.92 bits per heavy atom. The number of nitrogens with zero attached hydrogens (tertiary/aromatic N) is 1. The van der Waals surface area contributed by atoms with Gasteiger partial charge in [-0.3, -0.25) is 0 Å². The number of methoxy groups -OCH3 is 2. The lowest BCUT2D eigenvalue weighted by Gasteiger charge is -2.29. The van der Waals surface area contributed by atoms with Crippen LogP contribution in [0.1, 0.15) is 25.3 Å². The SMILES string of the molecule is COC(=O)C1=C(C(C)C)OC(N)=C(C#N)C1c1ccc(OC)cc1. The van der Waals surface area contributed by atoms with Gasteiger partial charge < -0.3 is 19.9 Å². The summed E-state index contributed by atoms with van der Waals surface area (Å²) in [5.41, 5.74) is 7.14. The Bertz CT molecular complexity index is 739.